The van der Waals surface area contributed by atoms with Crippen molar-refractivity contribution in [2.75, 3.05) is 18.4 Å². The molecule has 3 heterocycles. The van der Waals surface area contributed by atoms with Gasteiger partial charge in [-0.3, -0.25) is 0 Å². The number of aryl methyl sites for hydroxylation is 1. The number of halogens is 2. The van der Waals surface area contributed by atoms with E-state index in [1.54, 1.807) is 35.9 Å². The zero-order valence-corrected chi connectivity index (χ0v) is 19.5. The van der Waals surface area contributed by atoms with E-state index in [0.29, 0.717) is 16.8 Å². The van der Waals surface area contributed by atoms with E-state index in [1.807, 2.05) is 0 Å². The van der Waals surface area contributed by atoms with E-state index >= 15 is 0 Å². The maximum Gasteiger partial charge on any atom is 0.262 e. The molecule has 1 aliphatic rings. The second kappa shape index (κ2) is 9.16. The van der Waals surface area contributed by atoms with Gasteiger partial charge in [-0.05, 0) is 35.9 Å². The first-order valence-corrected chi connectivity index (χ1v) is 12.3. The second-order valence-electron chi connectivity index (χ2n) is 8.43. The largest absolute Gasteiger partial charge is 0.380 e. The molecule has 11 heteroatoms. The lowest BCUT2D eigenvalue weighted by Crippen LogP contribution is -2.32. The number of hydrogen-bond donors (Lipinski definition) is 1. The Hall–Kier alpha value is -3.70. The fraction of sp³-hybridized carbons (Fsp3) is 0.208. The van der Waals surface area contributed by atoms with Crippen molar-refractivity contribution in [3.63, 3.8) is 0 Å². The fourth-order valence-corrected chi connectivity index (χ4v) is 5.76. The quantitative estimate of drug-likeness (QED) is 0.440. The van der Waals surface area contributed by atoms with Crippen molar-refractivity contribution >= 4 is 15.7 Å². The van der Waals surface area contributed by atoms with Crippen LogP contribution >= 0.6 is 0 Å². The van der Waals surface area contributed by atoms with Crippen LogP contribution in [0.4, 0.5) is 14.5 Å². The predicted octanol–water partition coefficient (Wildman–Crippen LogP) is 3.42. The average Bonchev–Trinajstić information content (AvgIpc) is 3.49. The summed E-state index contributed by atoms with van der Waals surface area (Å²) in [4.78, 5) is 11.9. The van der Waals surface area contributed by atoms with Crippen LogP contribution in [0.15, 0.2) is 78.7 Å². The van der Waals surface area contributed by atoms with Gasteiger partial charge in [0.1, 0.15) is 18.0 Å². The molecular formula is C24H22F2N6O2S. The minimum atomic E-state index is -3.84. The molecule has 180 valence electrons. The second-order valence-corrected chi connectivity index (χ2v) is 10.3. The Morgan fingerprint density at radius 1 is 1.03 bits per heavy atom. The Balaban J connectivity index is 1.47. The molecule has 4 aromatic rings. The number of imidazole rings is 1. The van der Waals surface area contributed by atoms with E-state index in [9.17, 15) is 17.2 Å². The molecule has 0 radical (unpaired) electrons. The van der Waals surface area contributed by atoms with E-state index in [1.165, 1.54) is 53.7 Å². The molecule has 35 heavy (non-hydrogen) atoms. The molecule has 0 amide bonds. The van der Waals surface area contributed by atoms with Gasteiger partial charge in [0.05, 0.1) is 6.33 Å². The summed E-state index contributed by atoms with van der Waals surface area (Å²) in [6.45, 7) is 0.338. The van der Waals surface area contributed by atoms with Crippen LogP contribution in [-0.2, 0) is 17.1 Å². The van der Waals surface area contributed by atoms with Crippen molar-refractivity contribution < 1.29 is 17.2 Å². The van der Waals surface area contributed by atoms with Crippen LogP contribution in [0, 0.1) is 11.6 Å². The number of aromatic nitrogens is 4. The van der Waals surface area contributed by atoms with Crippen molar-refractivity contribution in [2.45, 2.75) is 17.0 Å². The van der Waals surface area contributed by atoms with Gasteiger partial charge in [-0.15, -0.1) is 0 Å². The highest BCUT2D eigenvalue weighted by Crippen LogP contribution is 2.34. The van der Waals surface area contributed by atoms with E-state index in [4.69, 9.17) is 0 Å². The molecule has 2 atom stereocenters. The molecule has 1 fully saturated rings. The minimum Gasteiger partial charge on any atom is -0.380 e. The third kappa shape index (κ3) is 4.64. The first-order chi connectivity index (χ1) is 16.8. The Bertz CT molecular complexity index is 1440. The molecule has 0 saturated carbocycles. The monoisotopic (exact) mass is 496 g/mol. The molecule has 1 aliphatic heterocycles. The summed E-state index contributed by atoms with van der Waals surface area (Å²) in [6, 6.07) is 10.2. The van der Waals surface area contributed by atoms with Gasteiger partial charge in [-0.1, -0.05) is 12.1 Å². The molecule has 2 aromatic heterocycles. The molecule has 8 nitrogen and oxygen atoms in total. The third-order valence-electron chi connectivity index (χ3n) is 6.06. The molecule has 0 spiro atoms. The lowest BCUT2D eigenvalue weighted by Gasteiger charge is -2.22. The lowest BCUT2D eigenvalue weighted by atomic mass is 9.94. The predicted molar refractivity (Wildman–Crippen MR) is 126 cm³/mol. The number of rotatable bonds is 6. The molecule has 5 rings (SSSR count). The van der Waals surface area contributed by atoms with E-state index in [-0.39, 0.29) is 35.9 Å². The molecule has 0 bridgehead atoms. The van der Waals surface area contributed by atoms with Crippen molar-refractivity contribution in [3.05, 3.63) is 90.9 Å². The van der Waals surface area contributed by atoms with Crippen molar-refractivity contribution in [3.8, 4) is 11.1 Å². The minimum absolute atomic E-state index is 0.0355. The Morgan fingerprint density at radius 2 is 1.77 bits per heavy atom. The number of anilines is 1. The van der Waals surface area contributed by atoms with E-state index in [0.717, 1.165) is 5.56 Å². The normalized spacial score (nSPS) is 18.6. The van der Waals surface area contributed by atoms with Gasteiger partial charge in [0.2, 0.25) is 0 Å². The summed E-state index contributed by atoms with van der Waals surface area (Å²) < 4.78 is 57.6. The lowest BCUT2D eigenvalue weighted by molar-refractivity contribution is 0.468. The highest BCUT2D eigenvalue weighted by molar-refractivity contribution is 7.89. The van der Waals surface area contributed by atoms with Gasteiger partial charge < -0.3 is 9.88 Å². The van der Waals surface area contributed by atoms with E-state index in [2.05, 4.69) is 20.3 Å². The Labute approximate surface area is 201 Å². The third-order valence-corrected chi connectivity index (χ3v) is 7.78. The van der Waals surface area contributed by atoms with E-state index < -0.39 is 15.8 Å². The number of benzene rings is 2. The van der Waals surface area contributed by atoms with Gasteiger partial charge in [0.15, 0.2) is 5.03 Å². The molecular weight excluding hydrogens is 474 g/mol. The number of sulfonamides is 1. The van der Waals surface area contributed by atoms with Crippen molar-refractivity contribution in [1.29, 1.82) is 0 Å². The first-order valence-electron chi connectivity index (χ1n) is 10.9. The van der Waals surface area contributed by atoms with Crippen LogP contribution < -0.4 is 5.32 Å². The maximum absolute atomic E-state index is 14.5. The van der Waals surface area contributed by atoms with Crippen LogP contribution in [0.3, 0.4) is 0 Å². The number of nitrogens with zero attached hydrogens (tertiary/aromatic N) is 5. The highest BCUT2D eigenvalue weighted by atomic mass is 32.2. The zero-order chi connectivity index (χ0) is 24.6. The average molecular weight is 497 g/mol. The first kappa shape index (κ1) is 23.1. The van der Waals surface area contributed by atoms with Gasteiger partial charge >= 0.3 is 0 Å². The van der Waals surface area contributed by atoms with Gasteiger partial charge in [-0.2, -0.15) is 4.31 Å². The molecule has 0 aliphatic carbocycles. The summed E-state index contributed by atoms with van der Waals surface area (Å²) in [6.07, 6.45) is 7.30. The summed E-state index contributed by atoms with van der Waals surface area (Å²) in [5.74, 6) is -1.07. The number of nitrogens with one attached hydrogen (secondary N) is 1. The van der Waals surface area contributed by atoms with Gasteiger partial charge in [0, 0.05) is 67.5 Å². The van der Waals surface area contributed by atoms with Crippen molar-refractivity contribution in [2.24, 2.45) is 7.05 Å². The molecule has 1 saturated heterocycles. The SMILES string of the molecule is Cn1cnc(S(=O)(=O)N2C[C@H](Nc3ccc(F)c(-c4cncnc4)c3)[C@@H](c3ccc(F)cc3)C2)c1. The zero-order valence-electron chi connectivity index (χ0n) is 18.7. The Morgan fingerprint density at radius 3 is 2.46 bits per heavy atom. The molecule has 0 unspecified atom stereocenters. The molecule has 2 aromatic carbocycles. The fourth-order valence-electron chi connectivity index (χ4n) is 4.30. The smallest absolute Gasteiger partial charge is 0.262 e. The summed E-state index contributed by atoms with van der Waals surface area (Å²) in [5, 5.41) is 3.33. The summed E-state index contributed by atoms with van der Waals surface area (Å²) >= 11 is 0. The number of hydrogen-bond acceptors (Lipinski definition) is 6. The maximum atomic E-state index is 14.5. The van der Waals surface area contributed by atoms with Gasteiger partial charge in [0.25, 0.3) is 10.0 Å². The highest BCUT2D eigenvalue weighted by Gasteiger charge is 2.41. The molecule has 1 N–H and O–H groups in total. The Kier molecular flexibility index (Phi) is 6.03. The summed E-state index contributed by atoms with van der Waals surface area (Å²) in [7, 11) is -2.14. The van der Waals surface area contributed by atoms with Crippen LogP contribution in [0.1, 0.15) is 11.5 Å². The van der Waals surface area contributed by atoms with Crippen LogP contribution in [0.25, 0.3) is 11.1 Å². The standard InChI is InChI=1S/C24H22F2N6O2S/c1-31-13-24(29-15-31)35(33,34)32-11-21(16-2-4-18(25)5-3-16)23(12-32)30-19-6-7-22(26)20(8-19)17-9-27-14-28-10-17/h2-10,13-15,21,23,30H,11-12H2,1H3/t21-,23+/m1/s1. The van der Waals surface area contributed by atoms with Crippen LogP contribution in [0.2, 0.25) is 0 Å². The van der Waals surface area contributed by atoms with Crippen molar-refractivity contribution in [1.82, 2.24) is 23.8 Å². The van der Waals surface area contributed by atoms with Gasteiger partial charge in [-0.25, -0.2) is 32.2 Å². The van der Waals surface area contributed by atoms with Crippen LogP contribution in [0.5, 0.6) is 0 Å². The summed E-state index contributed by atoms with van der Waals surface area (Å²) in [5.41, 5.74) is 2.25. The van der Waals surface area contributed by atoms with Crippen LogP contribution in [-0.4, -0.2) is 51.4 Å². The topological polar surface area (TPSA) is 93.0 Å².